The molecule has 1 nitrogen and oxygen atoms in total. The number of hydrogen-bond acceptors (Lipinski definition) is 1. The molecule has 0 aromatic rings. The van der Waals surface area contributed by atoms with Crippen LogP contribution in [-0.2, 0) is 0 Å². The van der Waals surface area contributed by atoms with Crippen LogP contribution < -0.4 is 0 Å². The number of aliphatic hydroxyl groups is 1. The Bertz CT molecular complexity index is 375. The van der Waals surface area contributed by atoms with Crippen molar-refractivity contribution < 1.29 is 5.11 Å². The van der Waals surface area contributed by atoms with E-state index >= 15 is 0 Å². The van der Waals surface area contributed by atoms with E-state index in [2.05, 4.69) is 32.8 Å². The lowest BCUT2D eigenvalue weighted by atomic mass is 9.72. The van der Waals surface area contributed by atoms with Gasteiger partial charge in [0.05, 0.1) is 5.60 Å². The Balaban J connectivity index is 2.93. The second kappa shape index (κ2) is 5.10. The van der Waals surface area contributed by atoms with Gasteiger partial charge in [0.15, 0.2) is 0 Å². The van der Waals surface area contributed by atoms with Gasteiger partial charge in [0.25, 0.3) is 0 Å². The SMILES string of the molecule is C#CCC(C)(O)/C=C/C1=C(C)CCCC1(C)C. The Hall–Kier alpha value is -1.00. The van der Waals surface area contributed by atoms with Gasteiger partial charge in [-0.05, 0) is 44.1 Å². The summed E-state index contributed by atoms with van der Waals surface area (Å²) < 4.78 is 0. The highest BCUT2D eigenvalue weighted by Gasteiger charge is 2.27. The van der Waals surface area contributed by atoms with E-state index in [1.807, 2.05) is 6.08 Å². The third-order valence-electron chi connectivity index (χ3n) is 3.61. The van der Waals surface area contributed by atoms with Gasteiger partial charge in [-0.1, -0.05) is 31.6 Å². The summed E-state index contributed by atoms with van der Waals surface area (Å²) in [7, 11) is 0. The quantitative estimate of drug-likeness (QED) is 0.733. The molecule has 0 fully saturated rings. The van der Waals surface area contributed by atoms with Crippen molar-refractivity contribution in [2.75, 3.05) is 0 Å². The van der Waals surface area contributed by atoms with Crippen molar-refractivity contribution in [2.24, 2.45) is 5.41 Å². The predicted molar refractivity (Wildman–Crippen MR) is 73.5 cm³/mol. The van der Waals surface area contributed by atoms with Crippen LogP contribution in [0.15, 0.2) is 23.3 Å². The second-order valence-corrected chi connectivity index (χ2v) is 6.00. The van der Waals surface area contributed by atoms with Crippen molar-refractivity contribution in [1.82, 2.24) is 0 Å². The van der Waals surface area contributed by atoms with Gasteiger partial charge in [-0.15, -0.1) is 12.3 Å². The highest BCUT2D eigenvalue weighted by Crippen LogP contribution is 2.40. The second-order valence-electron chi connectivity index (χ2n) is 6.00. The molecule has 0 amide bonds. The Labute approximate surface area is 106 Å². The first-order chi connectivity index (χ1) is 7.78. The molecular weight excluding hydrogens is 208 g/mol. The van der Waals surface area contributed by atoms with Crippen LogP contribution in [0.4, 0.5) is 0 Å². The monoisotopic (exact) mass is 232 g/mol. The standard InChI is InChI=1S/C16H24O/c1-6-10-16(5,17)12-9-14-13(2)8-7-11-15(14,3)4/h1,9,12,17H,7-8,10-11H2,2-5H3/b12-9+. The molecule has 1 aliphatic carbocycles. The van der Waals surface area contributed by atoms with E-state index in [9.17, 15) is 5.11 Å². The van der Waals surface area contributed by atoms with Crippen LogP contribution in [0, 0.1) is 17.8 Å². The maximum atomic E-state index is 10.0. The summed E-state index contributed by atoms with van der Waals surface area (Å²) in [5.74, 6) is 2.51. The molecule has 0 bridgehead atoms. The Morgan fingerprint density at radius 3 is 2.71 bits per heavy atom. The molecule has 1 unspecified atom stereocenters. The molecule has 0 aromatic heterocycles. The summed E-state index contributed by atoms with van der Waals surface area (Å²) in [6, 6.07) is 0. The first-order valence-electron chi connectivity index (χ1n) is 6.34. The normalized spacial score (nSPS) is 23.5. The number of hydrogen-bond donors (Lipinski definition) is 1. The van der Waals surface area contributed by atoms with E-state index < -0.39 is 5.60 Å². The van der Waals surface area contributed by atoms with Gasteiger partial charge in [0, 0.05) is 6.42 Å². The number of rotatable bonds is 3. The van der Waals surface area contributed by atoms with E-state index in [4.69, 9.17) is 6.42 Å². The van der Waals surface area contributed by atoms with Crippen LogP contribution in [0.3, 0.4) is 0 Å². The highest BCUT2D eigenvalue weighted by atomic mass is 16.3. The lowest BCUT2D eigenvalue weighted by molar-refractivity contribution is 0.117. The molecule has 1 atom stereocenters. The molecule has 1 rings (SSSR count). The van der Waals surface area contributed by atoms with Gasteiger partial charge in [-0.2, -0.15) is 0 Å². The largest absolute Gasteiger partial charge is 0.385 e. The van der Waals surface area contributed by atoms with Gasteiger partial charge < -0.3 is 5.11 Å². The van der Waals surface area contributed by atoms with Crippen LogP contribution in [0.5, 0.6) is 0 Å². The fourth-order valence-electron chi connectivity index (χ4n) is 2.54. The van der Waals surface area contributed by atoms with Crippen molar-refractivity contribution in [3.05, 3.63) is 23.3 Å². The average Bonchev–Trinajstić information content (AvgIpc) is 2.15. The summed E-state index contributed by atoms with van der Waals surface area (Å²) in [6.45, 7) is 8.49. The molecule has 0 aliphatic heterocycles. The van der Waals surface area contributed by atoms with E-state index in [1.54, 1.807) is 6.92 Å². The van der Waals surface area contributed by atoms with Crippen LogP contribution in [0.1, 0.15) is 53.4 Å². The molecular formula is C16H24O. The number of terminal acetylenes is 1. The summed E-state index contributed by atoms with van der Waals surface area (Å²) >= 11 is 0. The summed E-state index contributed by atoms with van der Waals surface area (Å²) in [4.78, 5) is 0. The highest BCUT2D eigenvalue weighted by molar-refractivity contribution is 5.33. The molecule has 0 saturated heterocycles. The van der Waals surface area contributed by atoms with E-state index in [-0.39, 0.29) is 5.41 Å². The van der Waals surface area contributed by atoms with Gasteiger partial charge in [0.1, 0.15) is 0 Å². The van der Waals surface area contributed by atoms with Crippen molar-refractivity contribution in [3.8, 4) is 12.3 Å². The third kappa shape index (κ3) is 3.75. The Kier molecular flexibility index (Phi) is 4.22. The Morgan fingerprint density at radius 2 is 2.18 bits per heavy atom. The van der Waals surface area contributed by atoms with Crippen LogP contribution >= 0.6 is 0 Å². The minimum Gasteiger partial charge on any atom is -0.385 e. The number of allylic oxidation sites excluding steroid dienone is 3. The zero-order valence-electron chi connectivity index (χ0n) is 11.5. The van der Waals surface area contributed by atoms with Crippen LogP contribution in [0.2, 0.25) is 0 Å². The molecule has 0 saturated carbocycles. The lowest BCUT2D eigenvalue weighted by Crippen LogP contribution is -2.22. The fraction of sp³-hybridized carbons (Fsp3) is 0.625. The maximum Gasteiger partial charge on any atom is 0.0911 e. The molecule has 0 spiro atoms. The molecule has 1 aliphatic rings. The van der Waals surface area contributed by atoms with E-state index in [0.29, 0.717) is 6.42 Å². The fourth-order valence-corrected chi connectivity index (χ4v) is 2.54. The van der Waals surface area contributed by atoms with Crippen LogP contribution in [0.25, 0.3) is 0 Å². The molecule has 0 radical (unpaired) electrons. The van der Waals surface area contributed by atoms with E-state index in [1.165, 1.54) is 30.4 Å². The predicted octanol–water partition coefficient (Wildman–Crippen LogP) is 3.84. The third-order valence-corrected chi connectivity index (χ3v) is 3.61. The molecule has 1 heteroatoms. The van der Waals surface area contributed by atoms with Crippen LogP contribution in [-0.4, -0.2) is 10.7 Å². The topological polar surface area (TPSA) is 20.2 Å². The van der Waals surface area contributed by atoms with Crippen molar-refractivity contribution >= 4 is 0 Å². The summed E-state index contributed by atoms with van der Waals surface area (Å²) in [6.07, 6.45) is 13.2. The summed E-state index contributed by atoms with van der Waals surface area (Å²) in [5, 5.41) is 10.0. The first kappa shape index (κ1) is 14.1. The van der Waals surface area contributed by atoms with Gasteiger partial charge in [-0.3, -0.25) is 0 Å². The lowest BCUT2D eigenvalue weighted by Gasteiger charge is -2.33. The molecule has 94 valence electrons. The van der Waals surface area contributed by atoms with Crippen molar-refractivity contribution in [1.29, 1.82) is 0 Å². The first-order valence-corrected chi connectivity index (χ1v) is 6.34. The van der Waals surface area contributed by atoms with Gasteiger partial charge in [0.2, 0.25) is 0 Å². The molecule has 0 aromatic carbocycles. The smallest absolute Gasteiger partial charge is 0.0911 e. The van der Waals surface area contributed by atoms with E-state index in [0.717, 1.165) is 0 Å². The zero-order valence-corrected chi connectivity index (χ0v) is 11.5. The average molecular weight is 232 g/mol. The zero-order chi connectivity index (χ0) is 13.1. The maximum absolute atomic E-state index is 10.0. The molecule has 0 heterocycles. The molecule has 1 N–H and O–H groups in total. The minimum absolute atomic E-state index is 0.213. The van der Waals surface area contributed by atoms with Gasteiger partial charge in [-0.25, -0.2) is 0 Å². The Morgan fingerprint density at radius 1 is 1.53 bits per heavy atom. The van der Waals surface area contributed by atoms with Crippen molar-refractivity contribution in [3.63, 3.8) is 0 Å². The van der Waals surface area contributed by atoms with Crippen molar-refractivity contribution in [2.45, 2.75) is 59.0 Å². The van der Waals surface area contributed by atoms with Gasteiger partial charge >= 0.3 is 0 Å². The summed E-state index contributed by atoms with van der Waals surface area (Å²) in [5.41, 5.74) is 2.12. The minimum atomic E-state index is -0.893. The molecule has 17 heavy (non-hydrogen) atoms.